The monoisotopic (exact) mass is 443 g/mol. The summed E-state index contributed by atoms with van der Waals surface area (Å²) in [4.78, 5) is 14.8. The van der Waals surface area contributed by atoms with Crippen molar-refractivity contribution in [2.75, 3.05) is 61.1 Å². The molecule has 0 aliphatic carbocycles. The summed E-state index contributed by atoms with van der Waals surface area (Å²) in [7, 11) is -3.63. The Morgan fingerprint density at radius 2 is 1.90 bits per heavy atom. The highest BCUT2D eigenvalue weighted by Crippen LogP contribution is 2.30. The number of amides is 1. The van der Waals surface area contributed by atoms with E-state index in [1.165, 1.54) is 4.31 Å². The van der Waals surface area contributed by atoms with E-state index in [9.17, 15) is 13.2 Å². The van der Waals surface area contributed by atoms with Gasteiger partial charge in [-0.15, -0.1) is 0 Å². The maximum atomic E-state index is 13.0. The highest BCUT2D eigenvalue weighted by atomic mass is 32.2. The highest BCUT2D eigenvalue weighted by Gasteiger charge is 2.27. The fraction of sp³-hybridized carbons (Fsp3) is 0.650. The quantitative estimate of drug-likeness (QED) is 0.599. The van der Waals surface area contributed by atoms with Gasteiger partial charge in [0, 0.05) is 26.2 Å². The number of hydrogen-bond donors (Lipinski definition) is 1. The van der Waals surface area contributed by atoms with Gasteiger partial charge in [0.2, 0.25) is 15.9 Å². The first-order valence-corrected chi connectivity index (χ1v) is 12.7. The molecule has 164 valence electrons. The first-order valence-electron chi connectivity index (χ1n) is 10.1. The second kappa shape index (κ2) is 11.2. The zero-order chi connectivity index (χ0) is 21.4. The summed E-state index contributed by atoms with van der Waals surface area (Å²) < 4.78 is 32.8. The number of carbonyl (C=O) groups is 1. The van der Waals surface area contributed by atoms with Gasteiger partial charge >= 0.3 is 0 Å². The van der Waals surface area contributed by atoms with Crippen LogP contribution >= 0.6 is 11.8 Å². The average Bonchev–Trinajstić information content (AvgIpc) is 2.70. The van der Waals surface area contributed by atoms with Crippen LogP contribution in [0.25, 0.3) is 0 Å². The number of thioether (sulfide) groups is 1. The van der Waals surface area contributed by atoms with Crippen LogP contribution in [0.15, 0.2) is 23.1 Å². The van der Waals surface area contributed by atoms with E-state index in [-0.39, 0.29) is 10.8 Å². The second-order valence-electron chi connectivity index (χ2n) is 7.32. The predicted molar refractivity (Wildman–Crippen MR) is 120 cm³/mol. The fourth-order valence-electron chi connectivity index (χ4n) is 3.13. The maximum absolute atomic E-state index is 13.0. The normalized spacial score (nSPS) is 15.5. The molecule has 2 rings (SSSR count). The molecule has 0 aromatic heterocycles. The van der Waals surface area contributed by atoms with Crippen LogP contribution in [0.2, 0.25) is 0 Å². The average molecular weight is 444 g/mol. The number of benzene rings is 1. The van der Waals surface area contributed by atoms with Crippen molar-refractivity contribution in [3.8, 4) is 0 Å². The van der Waals surface area contributed by atoms with Gasteiger partial charge in [-0.2, -0.15) is 16.1 Å². The van der Waals surface area contributed by atoms with Crippen LogP contribution in [0.1, 0.15) is 27.7 Å². The Labute approximate surface area is 179 Å². The lowest BCUT2D eigenvalue weighted by molar-refractivity contribution is -0.113. The number of morpholine rings is 1. The summed E-state index contributed by atoms with van der Waals surface area (Å²) in [6, 6.07) is 5.00. The first kappa shape index (κ1) is 24.0. The summed E-state index contributed by atoms with van der Waals surface area (Å²) in [5.41, 5.74) is 1.37. The van der Waals surface area contributed by atoms with Gasteiger partial charge in [0.05, 0.1) is 35.2 Å². The number of carbonyl (C=O) groups excluding carboxylic acids is 1. The molecule has 29 heavy (non-hydrogen) atoms. The lowest BCUT2D eigenvalue weighted by Gasteiger charge is -2.28. The van der Waals surface area contributed by atoms with Crippen molar-refractivity contribution < 1.29 is 17.9 Å². The molecule has 9 heteroatoms. The minimum atomic E-state index is -3.63. The Balaban J connectivity index is 2.29. The SMILES string of the molecule is CCN(CC)c1ccc(S(=O)(=O)N2CCOCC2)cc1NC(=O)CSCC(C)C. The number of ether oxygens (including phenoxy) is 1. The molecule has 1 aliphatic rings. The molecule has 0 bridgehead atoms. The number of sulfonamides is 1. The zero-order valence-corrected chi connectivity index (χ0v) is 19.4. The van der Waals surface area contributed by atoms with Gasteiger partial charge in [-0.1, -0.05) is 13.8 Å². The third-order valence-electron chi connectivity index (χ3n) is 4.64. The van der Waals surface area contributed by atoms with E-state index < -0.39 is 10.0 Å². The van der Waals surface area contributed by atoms with Crippen LogP contribution in [-0.4, -0.2) is 69.5 Å². The van der Waals surface area contributed by atoms with E-state index in [4.69, 9.17) is 4.74 Å². The number of nitrogens with one attached hydrogen (secondary N) is 1. The molecule has 0 spiro atoms. The van der Waals surface area contributed by atoms with Crippen molar-refractivity contribution in [1.82, 2.24) is 4.31 Å². The molecule has 1 aromatic carbocycles. The van der Waals surface area contributed by atoms with E-state index in [1.54, 1.807) is 30.0 Å². The summed E-state index contributed by atoms with van der Waals surface area (Å²) in [6.45, 7) is 11.3. The van der Waals surface area contributed by atoms with Crippen LogP contribution in [0, 0.1) is 5.92 Å². The Morgan fingerprint density at radius 3 is 2.48 bits per heavy atom. The maximum Gasteiger partial charge on any atom is 0.243 e. The number of nitrogens with zero attached hydrogens (tertiary/aromatic N) is 2. The lowest BCUT2D eigenvalue weighted by atomic mass is 10.2. The zero-order valence-electron chi connectivity index (χ0n) is 17.8. The van der Waals surface area contributed by atoms with Gasteiger partial charge in [0.15, 0.2) is 0 Å². The van der Waals surface area contributed by atoms with E-state index in [2.05, 4.69) is 24.1 Å². The highest BCUT2D eigenvalue weighted by molar-refractivity contribution is 7.99. The molecular formula is C20H33N3O4S2. The summed E-state index contributed by atoms with van der Waals surface area (Å²) in [6.07, 6.45) is 0. The van der Waals surface area contributed by atoms with Crippen LogP contribution < -0.4 is 10.2 Å². The molecule has 1 amide bonds. The van der Waals surface area contributed by atoms with Crippen molar-refractivity contribution in [3.05, 3.63) is 18.2 Å². The molecule has 0 atom stereocenters. The first-order chi connectivity index (χ1) is 13.8. The Kier molecular flexibility index (Phi) is 9.26. The number of anilines is 2. The van der Waals surface area contributed by atoms with Gasteiger partial charge in [-0.25, -0.2) is 8.42 Å². The van der Waals surface area contributed by atoms with Gasteiger partial charge in [0.1, 0.15) is 0 Å². The summed E-state index contributed by atoms with van der Waals surface area (Å²) in [5.74, 6) is 1.64. The van der Waals surface area contributed by atoms with Crippen LogP contribution in [0.5, 0.6) is 0 Å². The van der Waals surface area contributed by atoms with Crippen molar-refractivity contribution >= 4 is 39.1 Å². The molecule has 7 nitrogen and oxygen atoms in total. The molecule has 1 heterocycles. The molecule has 0 saturated carbocycles. The van der Waals surface area contributed by atoms with Crippen molar-refractivity contribution in [1.29, 1.82) is 0 Å². The second-order valence-corrected chi connectivity index (χ2v) is 10.3. The molecule has 1 N–H and O–H groups in total. The molecule has 0 radical (unpaired) electrons. The number of rotatable bonds is 10. The largest absolute Gasteiger partial charge is 0.379 e. The molecule has 1 saturated heterocycles. The van der Waals surface area contributed by atoms with E-state index in [1.807, 2.05) is 13.8 Å². The number of hydrogen-bond acceptors (Lipinski definition) is 6. The minimum Gasteiger partial charge on any atom is -0.379 e. The third kappa shape index (κ3) is 6.60. The minimum absolute atomic E-state index is 0.120. The molecular weight excluding hydrogens is 410 g/mol. The fourth-order valence-corrected chi connectivity index (χ4v) is 5.41. The van der Waals surface area contributed by atoms with Crippen molar-refractivity contribution in [3.63, 3.8) is 0 Å². The topological polar surface area (TPSA) is 79.0 Å². The Hall–Kier alpha value is -1.29. The van der Waals surface area contributed by atoms with Crippen molar-refractivity contribution in [2.45, 2.75) is 32.6 Å². The van der Waals surface area contributed by atoms with Crippen LogP contribution in [-0.2, 0) is 19.6 Å². The van der Waals surface area contributed by atoms with E-state index >= 15 is 0 Å². The third-order valence-corrected chi connectivity index (χ3v) is 7.90. The van der Waals surface area contributed by atoms with Crippen molar-refractivity contribution in [2.24, 2.45) is 5.92 Å². The van der Waals surface area contributed by atoms with Gasteiger partial charge in [0.25, 0.3) is 0 Å². The molecule has 1 aliphatic heterocycles. The lowest BCUT2D eigenvalue weighted by Crippen LogP contribution is -2.40. The summed E-state index contributed by atoms with van der Waals surface area (Å²) >= 11 is 1.58. The van der Waals surface area contributed by atoms with E-state index in [0.29, 0.717) is 43.7 Å². The smallest absolute Gasteiger partial charge is 0.243 e. The van der Waals surface area contributed by atoms with Crippen LogP contribution in [0.4, 0.5) is 11.4 Å². The molecule has 0 unspecified atom stereocenters. The predicted octanol–water partition coefficient (Wildman–Crippen LogP) is 2.88. The standard InChI is InChI=1S/C20H33N3O4S2/c1-5-22(6-2)19-8-7-17(29(25,26)23-9-11-27-12-10-23)13-18(19)21-20(24)15-28-14-16(3)4/h7-8,13,16H,5-6,9-12,14-15H2,1-4H3,(H,21,24). The summed E-state index contributed by atoms with van der Waals surface area (Å²) in [5, 5.41) is 2.94. The molecule has 1 fully saturated rings. The van der Waals surface area contributed by atoms with Gasteiger partial charge in [-0.05, 0) is 43.7 Å². The molecule has 1 aromatic rings. The Bertz CT molecular complexity index is 774. The van der Waals surface area contributed by atoms with Crippen LogP contribution in [0.3, 0.4) is 0 Å². The Morgan fingerprint density at radius 1 is 1.24 bits per heavy atom. The van der Waals surface area contributed by atoms with Gasteiger partial charge < -0.3 is 15.0 Å². The van der Waals surface area contributed by atoms with E-state index in [0.717, 1.165) is 24.5 Å². The van der Waals surface area contributed by atoms with Gasteiger partial charge in [-0.3, -0.25) is 4.79 Å².